The number of H-pyrrole nitrogens is 1. The van der Waals surface area contributed by atoms with Crippen LogP contribution in [0.25, 0.3) is 0 Å². The number of phosphoric acid groups is 1. The molecule has 0 saturated heterocycles. The number of aliphatic imine (C=N–C) groups is 2. The molecule has 1 saturated carbocycles. The summed E-state index contributed by atoms with van der Waals surface area (Å²) in [4.78, 5) is 68.3. The van der Waals surface area contributed by atoms with Crippen molar-refractivity contribution in [2.24, 2.45) is 15.7 Å². The van der Waals surface area contributed by atoms with Gasteiger partial charge in [0.1, 0.15) is 5.84 Å². The fourth-order valence-electron chi connectivity index (χ4n) is 3.54. The first kappa shape index (κ1) is 30.9. The molecule has 0 spiro atoms. The maximum Gasteiger partial charge on any atom is 0.472 e. The number of hydrogen-bond acceptors (Lipinski definition) is 9. The van der Waals surface area contributed by atoms with Crippen LogP contribution in [-0.4, -0.2) is 73.5 Å². The molecule has 8 N–H and O–H groups in total. The van der Waals surface area contributed by atoms with Gasteiger partial charge in [0.15, 0.2) is 5.84 Å². The van der Waals surface area contributed by atoms with E-state index in [9.17, 15) is 18.9 Å². The number of phosphoric ester groups is 1. The van der Waals surface area contributed by atoms with E-state index in [0.29, 0.717) is 35.9 Å². The maximum atomic E-state index is 13.3. The van der Waals surface area contributed by atoms with Gasteiger partial charge in [-0.25, -0.2) is 28.8 Å². The van der Waals surface area contributed by atoms with E-state index in [0.717, 1.165) is 17.3 Å². The lowest BCUT2D eigenvalue weighted by molar-refractivity contribution is 0.0193. The Labute approximate surface area is 233 Å². The Morgan fingerprint density at radius 3 is 2.61 bits per heavy atom. The number of nitrogens with one attached hydrogen (secondary N) is 3. The van der Waals surface area contributed by atoms with E-state index in [2.05, 4.69) is 24.8 Å². The Balaban J connectivity index is 1.91. The Morgan fingerprint density at radius 2 is 2.00 bits per heavy atom. The van der Waals surface area contributed by atoms with Crippen molar-refractivity contribution in [1.82, 2.24) is 15.2 Å². The number of benzene rings is 1. The summed E-state index contributed by atoms with van der Waals surface area (Å²) in [6.45, 7) is 2.28. The molecule has 0 atom stereocenters. The van der Waals surface area contributed by atoms with E-state index in [-0.39, 0.29) is 28.5 Å². The lowest BCUT2D eigenvalue weighted by Crippen LogP contribution is -2.39. The summed E-state index contributed by atoms with van der Waals surface area (Å²) < 4.78 is 19.7. The van der Waals surface area contributed by atoms with Crippen molar-refractivity contribution in [2.75, 3.05) is 6.79 Å². The summed E-state index contributed by atoms with van der Waals surface area (Å²) >= 11 is 0. The van der Waals surface area contributed by atoms with Crippen molar-refractivity contribution in [3.63, 3.8) is 0 Å². The van der Waals surface area contributed by atoms with Crippen molar-refractivity contribution in [2.45, 2.75) is 32.7 Å². The number of amides is 3. The number of aliphatic hydroxyl groups is 1. The molecule has 1 heterocycles. The fourth-order valence-corrected chi connectivity index (χ4v) is 3.73. The average molecular weight is 590 g/mol. The van der Waals surface area contributed by atoms with Gasteiger partial charge in [0, 0.05) is 23.9 Å². The predicted octanol–water partition coefficient (Wildman–Crippen LogP) is 2.28. The van der Waals surface area contributed by atoms with Gasteiger partial charge in [0.2, 0.25) is 6.79 Å². The molecular weight excluding hydrogens is 561 g/mol. The molecule has 1 aliphatic rings. The van der Waals surface area contributed by atoms with E-state index in [1.165, 1.54) is 18.3 Å². The summed E-state index contributed by atoms with van der Waals surface area (Å²) in [5, 5.41) is 18.7. The van der Waals surface area contributed by atoms with Crippen molar-refractivity contribution in [1.29, 1.82) is 5.41 Å². The third-order valence-electron chi connectivity index (χ3n) is 5.71. The standard InChI is InChI=1S/C24H28N7O9P/c1-13-3-4-15(22(33)30-19(26)7-8-32)9-18(13)29-21(28-11-25)20-14(2)17(10-27-20)23(34)31(16-5-6-16)24(35)39-12-40-41(36,37)38/h3-4,7-11,16,27,32H,5-6,12H2,1-2H3,(H2,25,28,29)(H2,26,30,33)(H2,36,37,38)/b8-7-. The summed E-state index contributed by atoms with van der Waals surface area (Å²) in [5.41, 5.74) is 7.44. The minimum absolute atomic E-state index is 0.0521. The van der Waals surface area contributed by atoms with Crippen LogP contribution in [-0.2, 0) is 13.8 Å². The summed E-state index contributed by atoms with van der Waals surface area (Å²) in [6.07, 6.45) is 3.88. The Bertz CT molecular complexity index is 1490. The minimum Gasteiger partial charge on any atom is -0.515 e. The number of carbonyl (C=O) groups excluding carboxylic acids is 3. The van der Waals surface area contributed by atoms with Gasteiger partial charge in [-0.15, -0.1) is 0 Å². The first-order valence-corrected chi connectivity index (χ1v) is 13.4. The maximum absolute atomic E-state index is 13.3. The number of imide groups is 1. The number of carbonyl (C=O) groups is 3. The zero-order valence-electron chi connectivity index (χ0n) is 21.9. The average Bonchev–Trinajstić information content (AvgIpc) is 3.64. The Hall–Kier alpha value is -4.63. The van der Waals surface area contributed by atoms with Crippen LogP contribution < -0.4 is 11.1 Å². The van der Waals surface area contributed by atoms with E-state index in [4.69, 9.17) is 30.8 Å². The van der Waals surface area contributed by atoms with E-state index < -0.39 is 38.6 Å². The smallest absolute Gasteiger partial charge is 0.472 e. The molecule has 1 aromatic carbocycles. The quantitative estimate of drug-likeness (QED) is 0.0738. The molecule has 3 amide bonds. The minimum atomic E-state index is -4.88. The first-order valence-electron chi connectivity index (χ1n) is 11.9. The van der Waals surface area contributed by atoms with Crippen molar-refractivity contribution < 1.29 is 43.1 Å². The SMILES string of the molecule is Cc1ccc(C(=O)NC(=N)/C=C\O)cc1N=C(N=CN)c1[nH]cc(C(=O)N(C(=O)OCOP(=O)(O)O)C2CC2)c1C. The van der Waals surface area contributed by atoms with Crippen molar-refractivity contribution >= 4 is 49.4 Å². The zero-order valence-corrected chi connectivity index (χ0v) is 22.8. The van der Waals surface area contributed by atoms with Gasteiger partial charge < -0.3 is 35.7 Å². The number of rotatable bonds is 9. The van der Waals surface area contributed by atoms with Crippen molar-refractivity contribution in [3.8, 4) is 0 Å². The van der Waals surface area contributed by atoms with Crippen LogP contribution in [0, 0.1) is 19.3 Å². The second kappa shape index (κ2) is 13.1. The van der Waals surface area contributed by atoms with Crippen LogP contribution in [0.4, 0.5) is 10.5 Å². The van der Waals surface area contributed by atoms with Gasteiger partial charge >= 0.3 is 13.9 Å². The topological polar surface area (TPSA) is 253 Å². The molecular formula is C24H28N7O9P. The molecule has 16 nitrogen and oxygen atoms in total. The van der Waals surface area contributed by atoms with Crippen LogP contribution in [0.15, 0.2) is 46.7 Å². The molecule has 17 heteroatoms. The molecule has 41 heavy (non-hydrogen) atoms. The van der Waals surface area contributed by atoms with Gasteiger partial charge in [0.25, 0.3) is 11.8 Å². The molecule has 218 valence electrons. The third kappa shape index (κ3) is 8.18. The molecule has 2 aromatic rings. The van der Waals surface area contributed by atoms with Crippen LogP contribution in [0.1, 0.15) is 50.4 Å². The number of aromatic nitrogens is 1. The molecule has 0 aliphatic heterocycles. The molecule has 1 aliphatic carbocycles. The normalized spacial score (nSPS) is 13.9. The van der Waals surface area contributed by atoms with E-state index >= 15 is 0 Å². The monoisotopic (exact) mass is 589 g/mol. The predicted molar refractivity (Wildman–Crippen MR) is 146 cm³/mol. The second-order valence-corrected chi connectivity index (χ2v) is 9.89. The van der Waals surface area contributed by atoms with E-state index in [1.807, 2.05) is 0 Å². The fraction of sp³-hybridized carbons (Fsp3) is 0.250. The summed E-state index contributed by atoms with van der Waals surface area (Å²) in [6, 6.07) is 4.17. The van der Waals surface area contributed by atoms with Crippen molar-refractivity contribution in [3.05, 3.63) is 64.7 Å². The zero-order chi connectivity index (χ0) is 30.3. The molecule has 0 bridgehead atoms. The highest BCUT2D eigenvalue weighted by Gasteiger charge is 2.40. The number of aryl methyl sites for hydroxylation is 1. The van der Waals surface area contributed by atoms with Gasteiger partial charge in [-0.2, -0.15) is 0 Å². The van der Waals surface area contributed by atoms with Crippen LogP contribution in [0.3, 0.4) is 0 Å². The molecule has 1 fully saturated rings. The summed E-state index contributed by atoms with van der Waals surface area (Å²) in [7, 11) is -4.88. The lowest BCUT2D eigenvalue weighted by Gasteiger charge is -2.20. The van der Waals surface area contributed by atoms with Gasteiger partial charge in [-0.05, 0) is 49.9 Å². The Morgan fingerprint density at radius 1 is 1.29 bits per heavy atom. The number of amidine groups is 2. The first-order chi connectivity index (χ1) is 19.4. The van der Waals surface area contributed by atoms with Crippen LogP contribution in [0.5, 0.6) is 0 Å². The number of nitrogens with two attached hydrogens (primary N) is 1. The number of nitrogens with zero attached hydrogens (tertiary/aromatic N) is 3. The highest BCUT2D eigenvalue weighted by molar-refractivity contribution is 7.46. The second-order valence-electron chi connectivity index (χ2n) is 8.65. The number of aliphatic hydroxyl groups excluding tert-OH is 1. The molecule has 0 radical (unpaired) electrons. The van der Waals surface area contributed by atoms with Crippen LogP contribution >= 0.6 is 7.82 Å². The van der Waals surface area contributed by atoms with Gasteiger partial charge in [-0.3, -0.25) is 15.0 Å². The van der Waals surface area contributed by atoms with Gasteiger partial charge in [0.05, 0.1) is 29.5 Å². The summed E-state index contributed by atoms with van der Waals surface area (Å²) in [5.74, 6) is -1.61. The lowest BCUT2D eigenvalue weighted by atomic mass is 10.1. The van der Waals surface area contributed by atoms with Crippen LogP contribution in [0.2, 0.25) is 0 Å². The largest absolute Gasteiger partial charge is 0.515 e. The van der Waals surface area contributed by atoms with E-state index in [1.54, 1.807) is 19.9 Å². The Kier molecular flexibility index (Phi) is 9.91. The number of ether oxygens (including phenoxy) is 1. The number of hydrogen-bond donors (Lipinski definition) is 7. The molecule has 1 aromatic heterocycles. The molecule has 3 rings (SSSR count). The molecule has 0 unspecified atom stereocenters. The highest BCUT2D eigenvalue weighted by atomic mass is 31.2. The highest BCUT2D eigenvalue weighted by Crippen LogP contribution is 2.36. The third-order valence-corrected chi connectivity index (χ3v) is 6.15. The number of aromatic amines is 1. The van der Waals surface area contributed by atoms with Gasteiger partial charge in [-0.1, -0.05) is 6.07 Å².